The maximum Gasteiger partial charge on any atom is 0.317 e. The molecule has 1 unspecified atom stereocenters. The molecule has 20 heavy (non-hydrogen) atoms. The summed E-state index contributed by atoms with van der Waals surface area (Å²) in [5.41, 5.74) is 0.551. The van der Waals surface area contributed by atoms with Crippen LogP contribution in [-0.4, -0.2) is 30.3 Å². The highest BCUT2D eigenvalue weighted by atomic mass is 79.9. The van der Waals surface area contributed by atoms with Crippen molar-refractivity contribution in [2.45, 2.75) is 12.8 Å². The van der Waals surface area contributed by atoms with Gasteiger partial charge >= 0.3 is 5.97 Å². The Kier molecular flexibility index (Phi) is 5.82. The average molecular weight is 344 g/mol. The van der Waals surface area contributed by atoms with Crippen molar-refractivity contribution in [3.63, 3.8) is 0 Å². The first-order valence-corrected chi connectivity index (χ1v) is 6.61. The number of ether oxygens (including phenoxy) is 1. The van der Waals surface area contributed by atoms with Crippen LogP contribution in [0.1, 0.15) is 18.4 Å². The Balaban J connectivity index is 3.21. The quantitative estimate of drug-likeness (QED) is 0.342. The second kappa shape index (κ2) is 7.14. The molecule has 0 fully saturated rings. The zero-order valence-corrected chi connectivity index (χ0v) is 12.6. The molecule has 0 saturated heterocycles. The Bertz CT molecular complexity index is 514. The number of nitrogens with zero attached hydrogens (tertiary/aromatic N) is 1. The van der Waals surface area contributed by atoms with Crippen molar-refractivity contribution in [1.29, 1.82) is 0 Å². The third-order valence-corrected chi connectivity index (χ3v) is 3.47. The van der Waals surface area contributed by atoms with E-state index in [1.165, 1.54) is 6.92 Å². The summed E-state index contributed by atoms with van der Waals surface area (Å²) in [7, 11) is 1.16. The van der Waals surface area contributed by atoms with Crippen molar-refractivity contribution in [2.24, 2.45) is 5.92 Å². The first-order chi connectivity index (χ1) is 9.36. The molecule has 0 aliphatic carbocycles. The highest BCUT2D eigenvalue weighted by Gasteiger charge is 2.37. The summed E-state index contributed by atoms with van der Waals surface area (Å²) < 4.78 is 5.39. The molecule has 0 radical (unpaired) electrons. The van der Waals surface area contributed by atoms with E-state index in [0.717, 1.165) is 11.6 Å². The van der Waals surface area contributed by atoms with Crippen LogP contribution in [0.5, 0.6) is 0 Å². The minimum atomic E-state index is -1.17. The Labute approximate surface area is 124 Å². The summed E-state index contributed by atoms with van der Waals surface area (Å²) in [6.45, 7) is 0.717. The lowest BCUT2D eigenvalue weighted by Gasteiger charge is -2.20. The Morgan fingerprint density at radius 1 is 1.35 bits per heavy atom. The van der Waals surface area contributed by atoms with Crippen molar-refractivity contribution >= 4 is 27.7 Å². The van der Waals surface area contributed by atoms with Crippen LogP contribution in [0.3, 0.4) is 0 Å². The zero-order valence-electron chi connectivity index (χ0n) is 11.0. The van der Waals surface area contributed by atoms with Gasteiger partial charge in [0.2, 0.25) is 6.54 Å². The van der Waals surface area contributed by atoms with Gasteiger partial charge in [0.15, 0.2) is 0 Å². The molecule has 1 aromatic rings. The van der Waals surface area contributed by atoms with Crippen molar-refractivity contribution < 1.29 is 19.2 Å². The molecule has 2 atom stereocenters. The van der Waals surface area contributed by atoms with E-state index in [2.05, 4.69) is 20.7 Å². The number of benzene rings is 1. The molecule has 0 N–H and O–H groups in total. The minimum absolute atomic E-state index is 0.452. The Hall–Kier alpha value is -1.76. The summed E-state index contributed by atoms with van der Waals surface area (Å²) in [6, 6.07) is 6.71. The summed E-state index contributed by atoms with van der Waals surface area (Å²) in [5, 5.41) is 10.8. The van der Waals surface area contributed by atoms with Gasteiger partial charge in [-0.2, -0.15) is 0 Å². The van der Waals surface area contributed by atoms with E-state index < -0.39 is 35.1 Å². The van der Waals surface area contributed by atoms with Crippen LogP contribution in [0.4, 0.5) is 0 Å². The van der Waals surface area contributed by atoms with Crippen molar-refractivity contribution in [1.82, 2.24) is 0 Å². The SMILES string of the molecule is COC(=O)C(C(C)=O)[C@H](C[N+](=O)[O-])c1ccc(Br)cc1. The highest BCUT2D eigenvalue weighted by molar-refractivity contribution is 9.10. The maximum absolute atomic E-state index is 11.7. The number of Topliss-reactive ketones (excluding diaryl/α,β-unsaturated/α-hetero) is 1. The van der Waals surface area contributed by atoms with E-state index in [9.17, 15) is 19.7 Å². The van der Waals surface area contributed by atoms with Gasteiger partial charge in [0.25, 0.3) is 0 Å². The molecule has 0 spiro atoms. The molecule has 0 aliphatic rings. The van der Waals surface area contributed by atoms with Gasteiger partial charge in [-0.05, 0) is 24.6 Å². The number of carbonyl (C=O) groups is 2. The predicted octanol–water partition coefficient (Wildman–Crippen LogP) is 2.19. The lowest BCUT2D eigenvalue weighted by molar-refractivity contribution is -0.484. The average Bonchev–Trinajstić information content (AvgIpc) is 2.37. The number of hydrogen-bond acceptors (Lipinski definition) is 5. The van der Waals surface area contributed by atoms with E-state index in [1.807, 2.05) is 0 Å². The first kappa shape index (κ1) is 16.3. The molecular weight excluding hydrogens is 330 g/mol. The number of esters is 1. The predicted molar refractivity (Wildman–Crippen MR) is 74.9 cm³/mol. The first-order valence-electron chi connectivity index (χ1n) is 5.82. The fourth-order valence-corrected chi connectivity index (χ4v) is 2.28. The van der Waals surface area contributed by atoms with Crippen LogP contribution >= 0.6 is 15.9 Å². The minimum Gasteiger partial charge on any atom is -0.468 e. The number of hydrogen-bond donors (Lipinski definition) is 0. The van der Waals surface area contributed by atoms with Gasteiger partial charge < -0.3 is 4.74 Å². The van der Waals surface area contributed by atoms with Gasteiger partial charge in [-0.3, -0.25) is 19.7 Å². The number of halogens is 1. The lowest BCUT2D eigenvalue weighted by atomic mass is 9.83. The van der Waals surface area contributed by atoms with Crippen LogP contribution in [0, 0.1) is 16.0 Å². The van der Waals surface area contributed by atoms with Gasteiger partial charge in [0.05, 0.1) is 13.0 Å². The molecular formula is C13H14BrNO5. The van der Waals surface area contributed by atoms with Crippen LogP contribution in [0.2, 0.25) is 0 Å². The maximum atomic E-state index is 11.7. The number of carbonyl (C=O) groups excluding carboxylic acids is 2. The molecule has 0 aliphatic heterocycles. The van der Waals surface area contributed by atoms with Crippen LogP contribution in [-0.2, 0) is 14.3 Å². The fraction of sp³-hybridized carbons (Fsp3) is 0.385. The van der Waals surface area contributed by atoms with Crippen LogP contribution in [0.15, 0.2) is 28.7 Å². The molecule has 0 aromatic heterocycles. The standard InChI is InChI=1S/C13H14BrNO5/c1-8(16)12(13(17)20-2)11(7-15(18)19)9-3-5-10(14)6-4-9/h3-6,11-12H,7H2,1-2H3/t11-,12?/m1/s1. The molecule has 0 bridgehead atoms. The van der Waals surface area contributed by atoms with E-state index in [-0.39, 0.29) is 0 Å². The van der Waals surface area contributed by atoms with Gasteiger partial charge in [0, 0.05) is 9.40 Å². The third kappa shape index (κ3) is 4.12. The summed E-state index contributed by atoms with van der Waals surface area (Å²) in [5.74, 6) is -3.23. The topological polar surface area (TPSA) is 86.5 Å². The molecule has 1 rings (SSSR count). The molecule has 0 heterocycles. The summed E-state index contributed by atoms with van der Waals surface area (Å²) in [6.07, 6.45) is 0. The monoisotopic (exact) mass is 343 g/mol. The molecule has 6 nitrogen and oxygen atoms in total. The second-order valence-corrected chi connectivity index (χ2v) is 5.20. The molecule has 0 saturated carbocycles. The number of nitro groups is 1. The van der Waals surface area contributed by atoms with Gasteiger partial charge in [-0.25, -0.2) is 0 Å². The molecule has 0 amide bonds. The Morgan fingerprint density at radius 2 is 1.90 bits per heavy atom. The highest BCUT2D eigenvalue weighted by Crippen LogP contribution is 2.28. The van der Waals surface area contributed by atoms with E-state index >= 15 is 0 Å². The van der Waals surface area contributed by atoms with E-state index in [4.69, 9.17) is 0 Å². The van der Waals surface area contributed by atoms with E-state index in [1.54, 1.807) is 24.3 Å². The zero-order chi connectivity index (χ0) is 15.3. The van der Waals surface area contributed by atoms with Crippen LogP contribution in [0.25, 0.3) is 0 Å². The third-order valence-electron chi connectivity index (χ3n) is 2.94. The van der Waals surface area contributed by atoms with Gasteiger partial charge in [-0.1, -0.05) is 28.1 Å². The summed E-state index contributed by atoms with van der Waals surface area (Å²) in [4.78, 5) is 33.7. The van der Waals surface area contributed by atoms with Gasteiger partial charge in [0.1, 0.15) is 11.7 Å². The van der Waals surface area contributed by atoms with Crippen molar-refractivity contribution in [3.8, 4) is 0 Å². The molecule has 7 heteroatoms. The molecule has 1 aromatic carbocycles. The number of ketones is 1. The lowest BCUT2D eigenvalue weighted by Crippen LogP contribution is -2.33. The summed E-state index contributed by atoms with van der Waals surface area (Å²) >= 11 is 3.26. The van der Waals surface area contributed by atoms with Crippen LogP contribution < -0.4 is 0 Å². The van der Waals surface area contributed by atoms with Gasteiger partial charge in [-0.15, -0.1) is 0 Å². The number of methoxy groups -OCH3 is 1. The normalized spacial score (nSPS) is 13.3. The fourth-order valence-electron chi connectivity index (χ4n) is 2.01. The van der Waals surface area contributed by atoms with E-state index in [0.29, 0.717) is 5.56 Å². The molecule has 108 valence electrons. The second-order valence-electron chi connectivity index (χ2n) is 4.28. The van der Waals surface area contributed by atoms with Crippen molar-refractivity contribution in [2.75, 3.05) is 13.7 Å². The smallest absolute Gasteiger partial charge is 0.317 e. The van der Waals surface area contributed by atoms with Crippen molar-refractivity contribution in [3.05, 3.63) is 44.4 Å². The Morgan fingerprint density at radius 3 is 2.30 bits per heavy atom. The number of rotatable bonds is 6. The largest absolute Gasteiger partial charge is 0.468 e.